The zero-order valence-electron chi connectivity index (χ0n) is 11.9. The Bertz CT molecular complexity index is 618. The fourth-order valence-electron chi connectivity index (χ4n) is 1.96. The maximum atomic E-state index is 12.3. The van der Waals surface area contributed by atoms with Gasteiger partial charge in [0.1, 0.15) is 12.4 Å². The summed E-state index contributed by atoms with van der Waals surface area (Å²) >= 11 is 0. The first kappa shape index (κ1) is 15.7. The van der Waals surface area contributed by atoms with E-state index >= 15 is 0 Å². The molecule has 1 aliphatic carbocycles. The Balaban J connectivity index is 1.90. The number of ether oxygens (including phenoxy) is 1. The van der Waals surface area contributed by atoms with Gasteiger partial charge in [-0.3, -0.25) is 0 Å². The number of para-hydroxylation sites is 2. The zero-order chi connectivity index (χ0) is 15.3. The molecule has 0 atom stereocenters. The molecule has 1 aromatic rings. The lowest BCUT2D eigenvalue weighted by molar-refractivity contribution is 0.336. The van der Waals surface area contributed by atoms with E-state index in [9.17, 15) is 8.42 Å². The molecule has 0 bridgehead atoms. The number of hydrogen-bond acceptors (Lipinski definition) is 4. The molecule has 2 rings (SSSR count). The Morgan fingerprint density at radius 2 is 2.10 bits per heavy atom. The van der Waals surface area contributed by atoms with Crippen LogP contribution in [0.3, 0.4) is 0 Å². The summed E-state index contributed by atoms with van der Waals surface area (Å²) < 4.78 is 31.4. The second kappa shape index (κ2) is 6.83. The molecule has 1 fully saturated rings. The number of sulfonamides is 1. The van der Waals surface area contributed by atoms with Crippen LogP contribution in [0.25, 0.3) is 0 Å². The average molecular weight is 308 g/mol. The summed E-state index contributed by atoms with van der Waals surface area (Å²) in [4.78, 5) is 0. The maximum absolute atomic E-state index is 12.3. The van der Waals surface area contributed by atoms with Gasteiger partial charge in [0, 0.05) is 6.54 Å². The standard InChI is InChI=1S/C15H20N2O3S/c1-2-9-17(12-13-7-8-13)21(18,19)11-10-20-15-6-4-3-5-14(15)16/h1,3-6,13H,7-12,16H2. The Morgan fingerprint density at radius 3 is 2.71 bits per heavy atom. The van der Waals surface area contributed by atoms with Gasteiger partial charge in [0.05, 0.1) is 18.0 Å². The molecule has 0 aliphatic heterocycles. The van der Waals surface area contributed by atoms with Crippen molar-refractivity contribution >= 4 is 15.7 Å². The van der Waals surface area contributed by atoms with Crippen molar-refractivity contribution in [2.75, 3.05) is 31.2 Å². The predicted molar refractivity (Wildman–Crippen MR) is 83.3 cm³/mol. The van der Waals surface area contributed by atoms with E-state index in [1.807, 2.05) is 0 Å². The Hall–Kier alpha value is -1.71. The van der Waals surface area contributed by atoms with Gasteiger partial charge in [-0.25, -0.2) is 8.42 Å². The van der Waals surface area contributed by atoms with Gasteiger partial charge in [0.15, 0.2) is 0 Å². The van der Waals surface area contributed by atoms with Crippen LogP contribution < -0.4 is 10.5 Å². The predicted octanol–water partition coefficient (Wildman–Crippen LogP) is 1.32. The molecule has 0 radical (unpaired) electrons. The molecule has 6 heteroatoms. The summed E-state index contributed by atoms with van der Waals surface area (Å²) in [6.45, 7) is 0.689. The van der Waals surface area contributed by atoms with Crippen LogP contribution >= 0.6 is 0 Å². The van der Waals surface area contributed by atoms with Crippen molar-refractivity contribution in [3.63, 3.8) is 0 Å². The fraction of sp³-hybridized carbons (Fsp3) is 0.467. The molecule has 0 amide bonds. The Labute approximate surface area is 126 Å². The molecular formula is C15H20N2O3S. The van der Waals surface area contributed by atoms with Crippen molar-refractivity contribution < 1.29 is 13.2 Å². The van der Waals surface area contributed by atoms with Crippen molar-refractivity contribution in [3.05, 3.63) is 24.3 Å². The summed E-state index contributed by atoms with van der Waals surface area (Å²) in [5, 5.41) is 0. The topological polar surface area (TPSA) is 72.6 Å². The monoisotopic (exact) mass is 308 g/mol. The molecule has 0 saturated heterocycles. The largest absolute Gasteiger partial charge is 0.490 e. The highest BCUT2D eigenvalue weighted by molar-refractivity contribution is 7.89. The molecule has 1 aliphatic rings. The molecule has 1 aromatic carbocycles. The first-order valence-corrected chi connectivity index (χ1v) is 8.52. The molecule has 114 valence electrons. The lowest BCUT2D eigenvalue weighted by Gasteiger charge is -2.19. The second-order valence-corrected chi connectivity index (χ2v) is 7.23. The van der Waals surface area contributed by atoms with E-state index in [4.69, 9.17) is 16.9 Å². The fourth-order valence-corrected chi connectivity index (χ4v) is 3.23. The van der Waals surface area contributed by atoms with Gasteiger partial charge >= 0.3 is 0 Å². The highest BCUT2D eigenvalue weighted by Crippen LogP contribution is 2.30. The number of nitrogens with zero attached hydrogens (tertiary/aromatic N) is 1. The second-order valence-electron chi connectivity index (χ2n) is 5.14. The number of terminal acetylenes is 1. The van der Waals surface area contributed by atoms with E-state index in [0.717, 1.165) is 12.8 Å². The minimum atomic E-state index is -3.40. The number of benzene rings is 1. The summed E-state index contributed by atoms with van der Waals surface area (Å²) in [7, 11) is -3.40. The van der Waals surface area contributed by atoms with Crippen LogP contribution in [0.15, 0.2) is 24.3 Å². The van der Waals surface area contributed by atoms with E-state index < -0.39 is 10.0 Å². The van der Waals surface area contributed by atoms with Crippen LogP contribution in [-0.4, -0.2) is 38.2 Å². The summed E-state index contributed by atoms with van der Waals surface area (Å²) in [5.74, 6) is 3.26. The number of anilines is 1. The van der Waals surface area contributed by atoms with Crippen LogP contribution in [0.5, 0.6) is 5.75 Å². The third-order valence-electron chi connectivity index (χ3n) is 3.34. The van der Waals surface area contributed by atoms with E-state index in [2.05, 4.69) is 5.92 Å². The Morgan fingerprint density at radius 1 is 1.38 bits per heavy atom. The molecular weight excluding hydrogens is 288 g/mol. The van der Waals surface area contributed by atoms with Crippen molar-refractivity contribution in [1.29, 1.82) is 0 Å². The van der Waals surface area contributed by atoms with Crippen molar-refractivity contribution in [2.24, 2.45) is 5.92 Å². The number of nitrogens with two attached hydrogens (primary N) is 1. The van der Waals surface area contributed by atoms with Crippen LogP contribution in [0, 0.1) is 18.3 Å². The van der Waals surface area contributed by atoms with E-state index in [-0.39, 0.29) is 18.9 Å². The highest BCUT2D eigenvalue weighted by Gasteiger charge is 2.30. The lowest BCUT2D eigenvalue weighted by atomic mass is 10.3. The van der Waals surface area contributed by atoms with Crippen LogP contribution in [0.4, 0.5) is 5.69 Å². The van der Waals surface area contributed by atoms with Gasteiger partial charge in [-0.05, 0) is 30.9 Å². The number of nitrogen functional groups attached to an aromatic ring is 1. The van der Waals surface area contributed by atoms with Crippen LogP contribution in [0.2, 0.25) is 0 Å². The highest BCUT2D eigenvalue weighted by atomic mass is 32.2. The third-order valence-corrected chi connectivity index (χ3v) is 5.09. The maximum Gasteiger partial charge on any atom is 0.218 e. The molecule has 0 aromatic heterocycles. The van der Waals surface area contributed by atoms with E-state index in [1.54, 1.807) is 24.3 Å². The normalized spacial score (nSPS) is 14.9. The summed E-state index contributed by atoms with van der Waals surface area (Å²) in [6, 6.07) is 7.01. The molecule has 2 N–H and O–H groups in total. The van der Waals surface area contributed by atoms with Crippen molar-refractivity contribution in [1.82, 2.24) is 4.31 Å². The Kier molecular flexibility index (Phi) is 5.10. The molecule has 21 heavy (non-hydrogen) atoms. The van der Waals surface area contributed by atoms with E-state index in [0.29, 0.717) is 23.9 Å². The number of rotatable bonds is 8. The first-order chi connectivity index (χ1) is 10.0. The summed E-state index contributed by atoms with van der Waals surface area (Å²) in [5.41, 5.74) is 6.23. The third kappa shape index (κ3) is 4.66. The van der Waals surface area contributed by atoms with Gasteiger partial charge in [-0.15, -0.1) is 6.42 Å². The zero-order valence-corrected chi connectivity index (χ0v) is 12.7. The van der Waals surface area contributed by atoms with Gasteiger partial charge in [0.2, 0.25) is 10.0 Å². The van der Waals surface area contributed by atoms with Crippen molar-refractivity contribution in [3.8, 4) is 18.1 Å². The van der Waals surface area contributed by atoms with Gasteiger partial charge in [-0.2, -0.15) is 4.31 Å². The molecule has 0 unspecified atom stereocenters. The minimum absolute atomic E-state index is 0.0578. The molecule has 0 spiro atoms. The summed E-state index contributed by atoms with van der Waals surface area (Å²) in [6.07, 6.45) is 7.41. The van der Waals surface area contributed by atoms with Gasteiger partial charge in [-0.1, -0.05) is 18.1 Å². The first-order valence-electron chi connectivity index (χ1n) is 6.91. The van der Waals surface area contributed by atoms with Crippen molar-refractivity contribution in [2.45, 2.75) is 12.8 Å². The van der Waals surface area contributed by atoms with Crippen LogP contribution in [-0.2, 0) is 10.0 Å². The van der Waals surface area contributed by atoms with Gasteiger partial charge in [0.25, 0.3) is 0 Å². The average Bonchev–Trinajstić information content (AvgIpc) is 3.24. The number of hydrogen-bond donors (Lipinski definition) is 1. The SMILES string of the molecule is C#CCN(CC1CC1)S(=O)(=O)CCOc1ccccc1N. The van der Waals surface area contributed by atoms with E-state index in [1.165, 1.54) is 4.31 Å². The molecule has 5 nitrogen and oxygen atoms in total. The van der Waals surface area contributed by atoms with Gasteiger partial charge < -0.3 is 10.5 Å². The molecule has 1 saturated carbocycles. The lowest BCUT2D eigenvalue weighted by Crippen LogP contribution is -2.36. The molecule has 0 heterocycles. The van der Waals surface area contributed by atoms with Crippen LogP contribution in [0.1, 0.15) is 12.8 Å². The minimum Gasteiger partial charge on any atom is -0.490 e. The quantitative estimate of drug-likeness (QED) is 0.581. The smallest absolute Gasteiger partial charge is 0.218 e.